The highest BCUT2D eigenvalue weighted by Crippen LogP contribution is 2.47. The van der Waals surface area contributed by atoms with Crippen LogP contribution < -0.4 is 16.0 Å². The minimum absolute atomic E-state index is 0.275. The van der Waals surface area contributed by atoms with Crippen LogP contribution in [-0.4, -0.2) is 31.7 Å². The van der Waals surface area contributed by atoms with Crippen molar-refractivity contribution in [3.8, 4) is 0 Å². The maximum absolute atomic E-state index is 12.3. The van der Waals surface area contributed by atoms with Gasteiger partial charge in [0.1, 0.15) is 0 Å². The van der Waals surface area contributed by atoms with E-state index in [2.05, 4.69) is 28.1 Å². The third kappa shape index (κ3) is 3.52. The van der Waals surface area contributed by atoms with Gasteiger partial charge < -0.3 is 20.7 Å². The Morgan fingerprint density at radius 1 is 1.23 bits per heavy atom. The lowest BCUT2D eigenvalue weighted by atomic mass is 10.1. The molecule has 2 aliphatic heterocycles. The zero-order valence-electron chi connectivity index (χ0n) is 14.8. The largest absolute Gasteiger partial charge is 0.462 e. The van der Waals surface area contributed by atoms with Gasteiger partial charge in [0.2, 0.25) is 0 Å². The Morgan fingerprint density at radius 2 is 2.04 bits per heavy atom. The summed E-state index contributed by atoms with van der Waals surface area (Å²) in [5.74, 6) is -0.275. The van der Waals surface area contributed by atoms with E-state index >= 15 is 0 Å². The normalized spacial score (nSPS) is 16.2. The first-order valence-electron chi connectivity index (χ1n) is 9.11. The number of hydrogen-bond acceptors (Lipinski definition) is 6. The van der Waals surface area contributed by atoms with Crippen molar-refractivity contribution in [1.82, 2.24) is 5.32 Å². The van der Waals surface area contributed by atoms with E-state index in [4.69, 9.17) is 4.74 Å². The van der Waals surface area contributed by atoms with Crippen LogP contribution in [-0.2, 0) is 4.74 Å². The predicted molar refractivity (Wildman–Crippen MR) is 106 cm³/mol. The summed E-state index contributed by atoms with van der Waals surface area (Å²) in [6.45, 7) is 4.24. The first-order valence-corrected chi connectivity index (χ1v) is 9.92. The highest BCUT2D eigenvalue weighted by molar-refractivity contribution is 7.99. The highest BCUT2D eigenvalue weighted by atomic mass is 32.2. The zero-order chi connectivity index (χ0) is 17.9. The summed E-state index contributed by atoms with van der Waals surface area (Å²) in [4.78, 5) is 14.5. The summed E-state index contributed by atoms with van der Waals surface area (Å²) in [6.07, 6.45) is 2.14. The summed E-state index contributed by atoms with van der Waals surface area (Å²) in [5, 5.41) is 10.6. The van der Waals surface area contributed by atoms with Crippen molar-refractivity contribution >= 4 is 34.8 Å². The number of piperidine rings is 1. The van der Waals surface area contributed by atoms with E-state index in [1.165, 1.54) is 0 Å². The summed E-state index contributed by atoms with van der Waals surface area (Å²) >= 11 is 1.69. The van der Waals surface area contributed by atoms with Crippen molar-refractivity contribution < 1.29 is 9.53 Å². The number of para-hydroxylation sites is 1. The fourth-order valence-corrected chi connectivity index (χ4v) is 4.43. The molecule has 2 aromatic carbocycles. The van der Waals surface area contributed by atoms with Gasteiger partial charge in [0.15, 0.2) is 0 Å². The number of fused-ring (bicyclic) bond motifs is 2. The minimum atomic E-state index is -0.275. The lowest BCUT2D eigenvalue weighted by Crippen LogP contribution is -2.35. The average molecular weight is 369 g/mol. The van der Waals surface area contributed by atoms with Crippen LogP contribution >= 0.6 is 11.8 Å². The molecule has 5 nitrogen and oxygen atoms in total. The molecule has 2 aliphatic rings. The second-order valence-electron chi connectivity index (χ2n) is 6.51. The Labute approximate surface area is 157 Å². The Kier molecular flexibility index (Phi) is 5.04. The third-order valence-electron chi connectivity index (χ3n) is 4.68. The summed E-state index contributed by atoms with van der Waals surface area (Å²) in [5.41, 5.74) is 3.71. The fourth-order valence-electron chi connectivity index (χ4n) is 3.37. The minimum Gasteiger partial charge on any atom is -0.462 e. The van der Waals surface area contributed by atoms with Crippen LogP contribution in [0.1, 0.15) is 30.1 Å². The molecule has 6 heteroatoms. The lowest BCUT2D eigenvalue weighted by molar-refractivity contribution is 0.0526. The molecule has 26 heavy (non-hydrogen) atoms. The molecule has 4 rings (SSSR count). The maximum Gasteiger partial charge on any atom is 0.338 e. The quantitative estimate of drug-likeness (QED) is 0.598. The van der Waals surface area contributed by atoms with Crippen LogP contribution in [0.25, 0.3) is 0 Å². The molecule has 0 saturated carbocycles. The number of benzene rings is 2. The van der Waals surface area contributed by atoms with E-state index in [9.17, 15) is 4.79 Å². The molecular formula is C20H23N3O2S. The van der Waals surface area contributed by atoms with Crippen molar-refractivity contribution in [3.05, 3.63) is 42.0 Å². The number of rotatable bonds is 4. The molecule has 0 radical (unpaired) electrons. The monoisotopic (exact) mass is 369 g/mol. The highest BCUT2D eigenvalue weighted by Gasteiger charge is 2.23. The second-order valence-corrected chi connectivity index (χ2v) is 7.59. The molecule has 136 valence electrons. The second kappa shape index (κ2) is 7.60. The Balaban J connectivity index is 1.71. The van der Waals surface area contributed by atoms with Gasteiger partial charge in [0.25, 0.3) is 0 Å². The third-order valence-corrected chi connectivity index (χ3v) is 5.80. The molecule has 0 aromatic heterocycles. The van der Waals surface area contributed by atoms with Crippen molar-refractivity contribution in [2.45, 2.75) is 35.6 Å². The van der Waals surface area contributed by atoms with Crippen molar-refractivity contribution in [3.63, 3.8) is 0 Å². The van der Waals surface area contributed by atoms with E-state index in [1.807, 2.05) is 31.2 Å². The SMILES string of the molecule is CCOC(=O)c1cc(NC2CCNCC2)c2c(c1)Sc1ccccc1N2. The molecule has 2 aromatic rings. The molecule has 1 saturated heterocycles. The lowest BCUT2D eigenvalue weighted by Gasteiger charge is -2.29. The summed E-state index contributed by atoms with van der Waals surface area (Å²) in [7, 11) is 0. The van der Waals surface area contributed by atoms with E-state index in [-0.39, 0.29) is 5.97 Å². The molecule has 0 aliphatic carbocycles. The number of esters is 1. The van der Waals surface area contributed by atoms with Gasteiger partial charge in [-0.3, -0.25) is 0 Å². The zero-order valence-corrected chi connectivity index (χ0v) is 15.6. The maximum atomic E-state index is 12.3. The van der Waals surface area contributed by atoms with Gasteiger partial charge in [-0.25, -0.2) is 4.79 Å². The number of ether oxygens (including phenoxy) is 1. The smallest absolute Gasteiger partial charge is 0.338 e. The number of carbonyl (C=O) groups is 1. The number of carbonyl (C=O) groups excluding carboxylic acids is 1. The molecule has 0 spiro atoms. The van der Waals surface area contributed by atoms with Gasteiger partial charge in [-0.05, 0) is 57.1 Å². The Hall–Kier alpha value is -2.18. The molecule has 2 heterocycles. The summed E-state index contributed by atoms with van der Waals surface area (Å²) in [6, 6.07) is 12.5. The molecule has 3 N–H and O–H groups in total. The van der Waals surface area contributed by atoms with Gasteiger partial charge in [-0.2, -0.15) is 0 Å². The van der Waals surface area contributed by atoms with Crippen LogP contribution in [0, 0.1) is 0 Å². The van der Waals surface area contributed by atoms with Gasteiger partial charge in [-0.1, -0.05) is 23.9 Å². The molecule has 0 atom stereocenters. The van der Waals surface area contributed by atoms with Crippen molar-refractivity contribution in [2.24, 2.45) is 0 Å². The topological polar surface area (TPSA) is 62.4 Å². The first kappa shape index (κ1) is 17.2. The van der Waals surface area contributed by atoms with Crippen LogP contribution in [0.4, 0.5) is 17.1 Å². The Morgan fingerprint density at radius 3 is 2.85 bits per heavy atom. The Bertz CT molecular complexity index is 819. The van der Waals surface area contributed by atoms with Gasteiger partial charge >= 0.3 is 5.97 Å². The van der Waals surface area contributed by atoms with E-state index in [1.54, 1.807) is 11.8 Å². The standard InChI is InChI=1S/C20H23N3O2S/c1-2-25-20(24)13-11-16(22-14-7-9-21-10-8-14)19-18(12-13)26-17-6-4-3-5-15(17)23-19/h3-6,11-12,14,21-23H,2,7-10H2,1H3. The van der Waals surface area contributed by atoms with Gasteiger partial charge in [0, 0.05) is 15.8 Å². The average Bonchev–Trinajstić information content (AvgIpc) is 2.67. The first-order chi connectivity index (χ1) is 12.7. The van der Waals surface area contributed by atoms with E-state index in [0.717, 1.165) is 52.8 Å². The molecule has 0 unspecified atom stereocenters. The van der Waals surface area contributed by atoms with Crippen LogP contribution in [0.15, 0.2) is 46.2 Å². The summed E-state index contributed by atoms with van der Waals surface area (Å²) < 4.78 is 5.23. The number of hydrogen-bond donors (Lipinski definition) is 3. The van der Waals surface area contributed by atoms with E-state index < -0.39 is 0 Å². The van der Waals surface area contributed by atoms with Crippen LogP contribution in [0.5, 0.6) is 0 Å². The molecule has 0 bridgehead atoms. The van der Waals surface area contributed by atoms with Crippen LogP contribution in [0.3, 0.4) is 0 Å². The van der Waals surface area contributed by atoms with E-state index in [0.29, 0.717) is 18.2 Å². The molecule has 1 fully saturated rings. The van der Waals surface area contributed by atoms with Crippen LogP contribution in [0.2, 0.25) is 0 Å². The number of nitrogens with one attached hydrogen (secondary N) is 3. The van der Waals surface area contributed by atoms with Crippen molar-refractivity contribution in [1.29, 1.82) is 0 Å². The molecule has 0 amide bonds. The van der Waals surface area contributed by atoms with Gasteiger partial charge in [-0.15, -0.1) is 0 Å². The number of anilines is 3. The predicted octanol–water partition coefficient (Wildman–Crippen LogP) is 4.24. The molecular weight excluding hydrogens is 346 g/mol. The van der Waals surface area contributed by atoms with Gasteiger partial charge in [0.05, 0.1) is 29.2 Å². The van der Waals surface area contributed by atoms with Crippen molar-refractivity contribution in [2.75, 3.05) is 30.3 Å². The fraction of sp³-hybridized carbons (Fsp3) is 0.350.